The molecule has 13 rings (SSSR count). The predicted molar refractivity (Wildman–Crippen MR) is 243 cm³/mol. The highest BCUT2D eigenvalue weighted by molar-refractivity contribution is 6.12. The SMILES string of the molecule is c1ccc(-c2cc(-c3cccc4oc5ccccc5c34)nc(-c3ccc(-c4nc5c(c6ccccc46)C4(c6ccccc6-c6ccccc64)c4ccccc4-5)cc3)n2)cc1. The second kappa shape index (κ2) is 12.5. The van der Waals surface area contributed by atoms with Gasteiger partial charge in [-0.1, -0.05) is 182 Å². The van der Waals surface area contributed by atoms with Crippen LogP contribution in [-0.2, 0) is 5.41 Å². The molecule has 3 aromatic heterocycles. The molecular weight excluding hydrogens is 731 g/mol. The topological polar surface area (TPSA) is 51.8 Å². The van der Waals surface area contributed by atoms with Crippen LogP contribution in [0.5, 0.6) is 0 Å². The Morgan fingerprint density at radius 2 is 0.900 bits per heavy atom. The lowest BCUT2D eigenvalue weighted by atomic mass is 9.69. The summed E-state index contributed by atoms with van der Waals surface area (Å²) in [6.07, 6.45) is 0. The normalized spacial score (nSPS) is 13.1. The second-order valence-corrected chi connectivity index (χ2v) is 15.8. The zero-order chi connectivity index (χ0) is 39.4. The van der Waals surface area contributed by atoms with Crippen LogP contribution in [0, 0.1) is 0 Å². The van der Waals surface area contributed by atoms with E-state index in [0.717, 1.165) is 72.4 Å². The van der Waals surface area contributed by atoms with E-state index < -0.39 is 5.41 Å². The molecule has 0 atom stereocenters. The van der Waals surface area contributed by atoms with Crippen LogP contribution in [0.2, 0.25) is 0 Å². The van der Waals surface area contributed by atoms with Crippen LogP contribution < -0.4 is 0 Å². The van der Waals surface area contributed by atoms with Crippen molar-refractivity contribution >= 4 is 32.7 Å². The smallest absolute Gasteiger partial charge is 0.160 e. The molecule has 3 heterocycles. The van der Waals surface area contributed by atoms with E-state index >= 15 is 0 Å². The number of pyridine rings is 1. The molecule has 2 aliphatic rings. The average molecular weight is 764 g/mol. The largest absolute Gasteiger partial charge is 0.456 e. The predicted octanol–water partition coefficient (Wildman–Crippen LogP) is 13.9. The quantitative estimate of drug-likeness (QED) is 0.179. The van der Waals surface area contributed by atoms with Gasteiger partial charge in [-0.2, -0.15) is 0 Å². The summed E-state index contributed by atoms with van der Waals surface area (Å²) < 4.78 is 6.29. The average Bonchev–Trinajstić information content (AvgIpc) is 3.96. The van der Waals surface area contributed by atoms with Crippen molar-refractivity contribution in [3.8, 4) is 67.5 Å². The van der Waals surface area contributed by atoms with Gasteiger partial charge in [0, 0.05) is 49.5 Å². The van der Waals surface area contributed by atoms with Gasteiger partial charge in [-0.15, -0.1) is 0 Å². The number of benzene rings is 8. The Morgan fingerprint density at radius 3 is 1.65 bits per heavy atom. The summed E-state index contributed by atoms with van der Waals surface area (Å²) in [4.78, 5) is 16.1. The van der Waals surface area contributed by atoms with Crippen molar-refractivity contribution in [2.45, 2.75) is 5.41 Å². The Balaban J connectivity index is 0.994. The van der Waals surface area contributed by atoms with Gasteiger partial charge < -0.3 is 4.42 Å². The van der Waals surface area contributed by atoms with Crippen molar-refractivity contribution < 1.29 is 4.42 Å². The molecule has 0 bridgehead atoms. The van der Waals surface area contributed by atoms with Crippen LogP contribution >= 0.6 is 0 Å². The summed E-state index contributed by atoms with van der Waals surface area (Å²) in [5.41, 5.74) is 17.9. The van der Waals surface area contributed by atoms with Crippen LogP contribution in [0.4, 0.5) is 0 Å². The Labute approximate surface area is 346 Å². The minimum absolute atomic E-state index is 0.472. The monoisotopic (exact) mass is 763 g/mol. The molecule has 60 heavy (non-hydrogen) atoms. The van der Waals surface area contributed by atoms with E-state index in [1.165, 1.54) is 44.3 Å². The molecule has 1 spiro atoms. The van der Waals surface area contributed by atoms with Gasteiger partial charge in [0.1, 0.15) is 11.2 Å². The molecule has 0 aliphatic heterocycles. The molecule has 0 radical (unpaired) electrons. The molecule has 0 fully saturated rings. The number of aromatic nitrogens is 3. The fourth-order valence-electron chi connectivity index (χ4n) is 10.2. The number of para-hydroxylation sites is 1. The van der Waals surface area contributed by atoms with Crippen LogP contribution in [-0.4, -0.2) is 15.0 Å². The fourth-order valence-corrected chi connectivity index (χ4v) is 10.2. The minimum atomic E-state index is -0.472. The lowest BCUT2D eigenvalue weighted by Crippen LogP contribution is -2.26. The molecular formula is C56H33N3O. The third-order valence-electron chi connectivity index (χ3n) is 12.7. The van der Waals surface area contributed by atoms with E-state index in [9.17, 15) is 0 Å². The first-order chi connectivity index (χ1) is 29.8. The van der Waals surface area contributed by atoms with E-state index in [4.69, 9.17) is 19.4 Å². The highest BCUT2D eigenvalue weighted by Crippen LogP contribution is 2.64. The van der Waals surface area contributed by atoms with Crippen molar-refractivity contribution in [3.05, 3.63) is 222 Å². The molecule has 0 amide bonds. The van der Waals surface area contributed by atoms with Crippen LogP contribution in [0.3, 0.4) is 0 Å². The van der Waals surface area contributed by atoms with Gasteiger partial charge >= 0.3 is 0 Å². The number of nitrogens with zero attached hydrogens (tertiary/aromatic N) is 3. The molecule has 4 heteroatoms. The minimum Gasteiger partial charge on any atom is -0.456 e. The molecule has 11 aromatic rings. The van der Waals surface area contributed by atoms with E-state index in [1.54, 1.807) is 0 Å². The van der Waals surface area contributed by atoms with Gasteiger partial charge in [0.15, 0.2) is 5.82 Å². The van der Waals surface area contributed by atoms with Gasteiger partial charge in [-0.3, -0.25) is 0 Å². The van der Waals surface area contributed by atoms with Gasteiger partial charge in [-0.25, -0.2) is 15.0 Å². The zero-order valence-electron chi connectivity index (χ0n) is 32.3. The van der Waals surface area contributed by atoms with Crippen LogP contribution in [0.25, 0.3) is 100 Å². The van der Waals surface area contributed by atoms with Crippen molar-refractivity contribution in [2.24, 2.45) is 0 Å². The van der Waals surface area contributed by atoms with Gasteiger partial charge in [0.25, 0.3) is 0 Å². The Kier molecular flexibility index (Phi) is 6.90. The standard InChI is InChI=1S/C56H33N3O/c1-2-15-34(16-3-1)47-33-48(42-23-14-28-50-51(42)43-22-9-13-27-49(43)60-50)58-55(57-47)36-31-29-35(30-32-36)53-40-20-5-4-19-39(40)52-54(59-53)41-21-8-12-26-46(41)56(52)44-24-10-6-17-37(44)38-18-7-11-25-45(38)56/h1-33H. The summed E-state index contributed by atoms with van der Waals surface area (Å²) in [6.45, 7) is 0. The second-order valence-electron chi connectivity index (χ2n) is 15.8. The Hall–Kier alpha value is -7.95. The third-order valence-corrected chi connectivity index (χ3v) is 12.7. The fraction of sp³-hybridized carbons (Fsp3) is 0.0179. The molecule has 2 aliphatic carbocycles. The molecule has 0 unspecified atom stereocenters. The summed E-state index contributed by atoms with van der Waals surface area (Å²) in [7, 11) is 0. The number of fused-ring (bicyclic) bond motifs is 15. The summed E-state index contributed by atoms with van der Waals surface area (Å²) in [5.74, 6) is 0.656. The van der Waals surface area contributed by atoms with E-state index in [2.05, 4.69) is 158 Å². The maximum absolute atomic E-state index is 6.29. The number of hydrogen-bond donors (Lipinski definition) is 0. The highest BCUT2D eigenvalue weighted by atomic mass is 16.3. The van der Waals surface area contributed by atoms with E-state index in [1.807, 2.05) is 42.5 Å². The third kappa shape index (κ3) is 4.53. The molecule has 8 aromatic carbocycles. The number of furan rings is 1. The van der Waals surface area contributed by atoms with Crippen molar-refractivity contribution in [2.75, 3.05) is 0 Å². The van der Waals surface area contributed by atoms with Gasteiger partial charge in [-0.05, 0) is 51.4 Å². The number of rotatable bonds is 4. The summed E-state index contributed by atoms with van der Waals surface area (Å²) in [6, 6.07) is 71.0. The molecule has 0 N–H and O–H groups in total. The summed E-state index contributed by atoms with van der Waals surface area (Å²) >= 11 is 0. The first kappa shape index (κ1) is 33.1. The van der Waals surface area contributed by atoms with Crippen LogP contribution in [0.15, 0.2) is 205 Å². The van der Waals surface area contributed by atoms with Crippen LogP contribution in [0.1, 0.15) is 22.3 Å². The van der Waals surface area contributed by atoms with Gasteiger partial charge in [0.05, 0.1) is 28.2 Å². The van der Waals surface area contributed by atoms with E-state index in [-0.39, 0.29) is 0 Å². The Morgan fingerprint density at radius 1 is 0.350 bits per heavy atom. The first-order valence-corrected chi connectivity index (χ1v) is 20.4. The maximum atomic E-state index is 6.29. The maximum Gasteiger partial charge on any atom is 0.160 e. The van der Waals surface area contributed by atoms with Gasteiger partial charge in [0.2, 0.25) is 0 Å². The molecule has 0 saturated heterocycles. The lowest BCUT2D eigenvalue weighted by Gasteiger charge is -2.31. The molecule has 0 saturated carbocycles. The molecule has 278 valence electrons. The van der Waals surface area contributed by atoms with Crippen molar-refractivity contribution in [1.82, 2.24) is 15.0 Å². The summed E-state index contributed by atoms with van der Waals surface area (Å²) in [5, 5.41) is 4.46. The molecule has 4 nitrogen and oxygen atoms in total. The number of hydrogen-bond acceptors (Lipinski definition) is 4. The Bertz CT molecular complexity index is 3500. The first-order valence-electron chi connectivity index (χ1n) is 20.4. The van der Waals surface area contributed by atoms with Crippen molar-refractivity contribution in [3.63, 3.8) is 0 Å². The highest BCUT2D eigenvalue weighted by Gasteiger charge is 2.53. The zero-order valence-corrected chi connectivity index (χ0v) is 32.3. The van der Waals surface area contributed by atoms with Crippen molar-refractivity contribution in [1.29, 1.82) is 0 Å². The van der Waals surface area contributed by atoms with E-state index in [0.29, 0.717) is 5.82 Å². The lowest BCUT2D eigenvalue weighted by molar-refractivity contribution is 0.669.